The number of hydrogen-bond acceptors (Lipinski definition) is 4. The van der Waals surface area contributed by atoms with Crippen LogP contribution in [0.25, 0.3) is 6.08 Å². The number of anilines is 1. The fraction of sp³-hybridized carbons (Fsp3) is 0.273. The van der Waals surface area contributed by atoms with Gasteiger partial charge in [0.2, 0.25) is 5.91 Å². The van der Waals surface area contributed by atoms with Crippen LogP contribution in [0.4, 0.5) is 10.1 Å². The maximum atomic E-state index is 13.1. The summed E-state index contributed by atoms with van der Waals surface area (Å²) in [6.45, 7) is 1.01. The highest BCUT2D eigenvalue weighted by atomic mass is 19.1. The average Bonchev–Trinajstić information content (AvgIpc) is 3.25. The van der Waals surface area contributed by atoms with Crippen LogP contribution in [-0.2, 0) is 14.3 Å². The molecule has 2 heterocycles. The van der Waals surface area contributed by atoms with Gasteiger partial charge in [0.1, 0.15) is 12.4 Å². The molecular weight excluding hydrogens is 375 g/mol. The van der Waals surface area contributed by atoms with Crippen molar-refractivity contribution in [3.63, 3.8) is 0 Å². The summed E-state index contributed by atoms with van der Waals surface area (Å²) in [4.78, 5) is 26.9. The lowest BCUT2D eigenvalue weighted by atomic mass is 10.1. The number of nitrogens with one attached hydrogen (secondary N) is 1. The number of hydrogen-bond donors (Lipinski definition) is 1. The smallest absolute Gasteiger partial charge is 0.294 e. The van der Waals surface area contributed by atoms with E-state index in [1.807, 2.05) is 0 Å². The standard InChI is InChI=1S/C22H21FN2O4/c23-16-9-7-15(8-10-16)12-20-22(27)25(18-5-1-2-6-19(18)29-20)14-21(26)24-13-17-4-3-11-28-17/h1-2,5-10,12,17H,3-4,11,13-14H2,(H,24,26)/b20-12+/t17-/m1/s1. The van der Waals surface area contributed by atoms with Gasteiger partial charge in [0.15, 0.2) is 11.5 Å². The Kier molecular flexibility index (Phi) is 5.57. The molecule has 0 aliphatic carbocycles. The van der Waals surface area contributed by atoms with Crippen molar-refractivity contribution < 1.29 is 23.5 Å². The number of halogens is 1. The van der Waals surface area contributed by atoms with Gasteiger partial charge in [-0.2, -0.15) is 0 Å². The number of carbonyl (C=O) groups is 2. The van der Waals surface area contributed by atoms with Crippen molar-refractivity contribution >= 4 is 23.6 Å². The van der Waals surface area contributed by atoms with Gasteiger partial charge in [-0.3, -0.25) is 14.5 Å². The minimum atomic E-state index is -0.430. The summed E-state index contributed by atoms with van der Waals surface area (Å²) < 4.78 is 24.4. The van der Waals surface area contributed by atoms with Crippen molar-refractivity contribution in [3.8, 4) is 5.75 Å². The first-order valence-corrected chi connectivity index (χ1v) is 9.54. The predicted octanol–water partition coefficient (Wildman–Crippen LogP) is 2.89. The van der Waals surface area contributed by atoms with E-state index >= 15 is 0 Å². The fourth-order valence-electron chi connectivity index (χ4n) is 3.36. The molecule has 0 spiro atoms. The molecule has 0 bridgehead atoms. The molecule has 150 valence electrons. The molecule has 7 heteroatoms. The minimum absolute atomic E-state index is 0.0283. The summed E-state index contributed by atoms with van der Waals surface area (Å²) in [5.41, 5.74) is 1.15. The molecule has 0 radical (unpaired) electrons. The summed E-state index contributed by atoms with van der Waals surface area (Å²) in [6.07, 6.45) is 3.48. The van der Waals surface area contributed by atoms with E-state index in [-0.39, 0.29) is 30.1 Å². The Labute approximate surface area is 167 Å². The highest BCUT2D eigenvalue weighted by molar-refractivity contribution is 6.12. The third kappa shape index (κ3) is 4.46. The Morgan fingerprint density at radius 2 is 2.00 bits per heavy atom. The van der Waals surface area contributed by atoms with Crippen molar-refractivity contribution in [2.75, 3.05) is 24.6 Å². The van der Waals surface area contributed by atoms with Gasteiger partial charge in [-0.1, -0.05) is 24.3 Å². The van der Waals surface area contributed by atoms with Crippen molar-refractivity contribution in [2.24, 2.45) is 0 Å². The van der Waals surface area contributed by atoms with Gasteiger partial charge in [-0.15, -0.1) is 0 Å². The Hall–Kier alpha value is -3.19. The third-order valence-electron chi connectivity index (χ3n) is 4.85. The number of benzene rings is 2. The Morgan fingerprint density at radius 1 is 1.21 bits per heavy atom. The monoisotopic (exact) mass is 396 g/mol. The normalized spacial score (nSPS) is 19.8. The van der Waals surface area contributed by atoms with Gasteiger partial charge >= 0.3 is 0 Å². The van der Waals surface area contributed by atoms with Crippen LogP contribution in [0.3, 0.4) is 0 Å². The molecule has 2 aromatic carbocycles. The minimum Gasteiger partial charge on any atom is -0.449 e. The highest BCUT2D eigenvalue weighted by Crippen LogP contribution is 2.35. The van der Waals surface area contributed by atoms with E-state index in [1.165, 1.54) is 23.1 Å². The van der Waals surface area contributed by atoms with Crippen LogP contribution < -0.4 is 15.0 Å². The van der Waals surface area contributed by atoms with Gasteiger partial charge in [0.05, 0.1) is 11.8 Å². The van der Waals surface area contributed by atoms with E-state index in [0.29, 0.717) is 30.2 Å². The second-order valence-corrected chi connectivity index (χ2v) is 6.96. The van der Waals surface area contributed by atoms with E-state index in [1.54, 1.807) is 36.4 Å². The lowest BCUT2D eigenvalue weighted by molar-refractivity contribution is -0.123. The molecule has 29 heavy (non-hydrogen) atoms. The molecule has 2 amide bonds. The largest absolute Gasteiger partial charge is 0.449 e. The maximum absolute atomic E-state index is 13.1. The topological polar surface area (TPSA) is 67.9 Å². The molecule has 0 aromatic heterocycles. The Morgan fingerprint density at radius 3 is 2.76 bits per heavy atom. The number of ether oxygens (including phenoxy) is 2. The third-order valence-corrected chi connectivity index (χ3v) is 4.85. The average molecular weight is 396 g/mol. The van der Waals surface area contributed by atoms with Crippen molar-refractivity contribution in [2.45, 2.75) is 18.9 Å². The van der Waals surface area contributed by atoms with Crippen LogP contribution in [0, 0.1) is 5.82 Å². The number of fused-ring (bicyclic) bond motifs is 1. The fourth-order valence-corrected chi connectivity index (χ4v) is 3.36. The second kappa shape index (κ2) is 8.45. The number of nitrogens with zero attached hydrogens (tertiary/aromatic N) is 1. The number of amides is 2. The van der Waals surface area contributed by atoms with E-state index in [0.717, 1.165) is 12.8 Å². The van der Waals surface area contributed by atoms with Crippen LogP contribution in [0.2, 0.25) is 0 Å². The van der Waals surface area contributed by atoms with Gasteiger partial charge in [0.25, 0.3) is 5.91 Å². The summed E-state index contributed by atoms with van der Waals surface area (Å²) in [6, 6.07) is 12.8. The van der Waals surface area contributed by atoms with Crippen LogP contribution in [0.15, 0.2) is 54.3 Å². The number of carbonyl (C=O) groups excluding carboxylic acids is 2. The Balaban J connectivity index is 1.53. The second-order valence-electron chi connectivity index (χ2n) is 6.96. The van der Waals surface area contributed by atoms with Crippen molar-refractivity contribution in [1.29, 1.82) is 0 Å². The van der Waals surface area contributed by atoms with E-state index in [2.05, 4.69) is 5.32 Å². The number of rotatable bonds is 5. The quantitative estimate of drug-likeness (QED) is 0.790. The Bertz CT molecular complexity index is 936. The molecular formula is C22H21FN2O4. The van der Waals surface area contributed by atoms with Crippen LogP contribution in [0.1, 0.15) is 18.4 Å². The first kappa shape index (κ1) is 19.1. The molecule has 1 saturated heterocycles. The van der Waals surface area contributed by atoms with Crippen LogP contribution in [0.5, 0.6) is 5.75 Å². The molecule has 4 rings (SSSR count). The molecule has 2 aliphatic heterocycles. The summed E-state index contributed by atoms with van der Waals surface area (Å²) >= 11 is 0. The maximum Gasteiger partial charge on any atom is 0.294 e. The lowest BCUT2D eigenvalue weighted by Gasteiger charge is -2.30. The molecule has 1 N–H and O–H groups in total. The zero-order valence-electron chi connectivity index (χ0n) is 15.8. The predicted molar refractivity (Wildman–Crippen MR) is 106 cm³/mol. The summed E-state index contributed by atoms with van der Waals surface area (Å²) in [7, 11) is 0. The first-order chi connectivity index (χ1) is 14.1. The first-order valence-electron chi connectivity index (χ1n) is 9.54. The van der Waals surface area contributed by atoms with Gasteiger partial charge < -0.3 is 14.8 Å². The van der Waals surface area contributed by atoms with Crippen LogP contribution >= 0.6 is 0 Å². The van der Waals surface area contributed by atoms with E-state index < -0.39 is 5.91 Å². The van der Waals surface area contributed by atoms with Crippen molar-refractivity contribution in [3.05, 3.63) is 65.7 Å². The summed E-state index contributed by atoms with van der Waals surface area (Å²) in [5.74, 6) is -0.514. The van der Waals surface area contributed by atoms with Gasteiger partial charge in [-0.25, -0.2) is 4.39 Å². The molecule has 6 nitrogen and oxygen atoms in total. The van der Waals surface area contributed by atoms with E-state index in [4.69, 9.17) is 9.47 Å². The van der Waals surface area contributed by atoms with Gasteiger partial charge in [-0.05, 0) is 48.7 Å². The molecule has 0 saturated carbocycles. The van der Waals surface area contributed by atoms with Crippen LogP contribution in [-0.4, -0.2) is 37.6 Å². The lowest BCUT2D eigenvalue weighted by Crippen LogP contribution is -2.45. The van der Waals surface area contributed by atoms with E-state index in [9.17, 15) is 14.0 Å². The highest BCUT2D eigenvalue weighted by Gasteiger charge is 2.31. The number of para-hydroxylation sites is 2. The molecule has 0 unspecified atom stereocenters. The summed E-state index contributed by atoms with van der Waals surface area (Å²) in [5, 5.41) is 2.83. The van der Waals surface area contributed by atoms with Crippen molar-refractivity contribution in [1.82, 2.24) is 5.32 Å². The molecule has 1 atom stereocenters. The SMILES string of the molecule is O=C(CN1C(=O)/C(=C\c2ccc(F)cc2)Oc2ccccc21)NC[C@H]1CCCO1. The van der Waals surface area contributed by atoms with Gasteiger partial charge in [0, 0.05) is 13.2 Å². The molecule has 2 aliphatic rings. The molecule has 2 aromatic rings. The zero-order valence-corrected chi connectivity index (χ0v) is 15.8. The zero-order chi connectivity index (χ0) is 20.2. The molecule has 1 fully saturated rings.